The van der Waals surface area contributed by atoms with Crippen molar-refractivity contribution in [2.24, 2.45) is 5.41 Å². The van der Waals surface area contributed by atoms with Crippen molar-refractivity contribution in [3.63, 3.8) is 0 Å². The number of benzene rings is 1. The van der Waals surface area contributed by atoms with Gasteiger partial charge in [0.15, 0.2) is 0 Å². The molecule has 1 aliphatic rings. The maximum atomic E-state index is 11.0. The van der Waals surface area contributed by atoms with Crippen molar-refractivity contribution < 1.29 is 9.53 Å². The second-order valence-electron chi connectivity index (χ2n) is 4.03. The Labute approximate surface area is 83.9 Å². The van der Waals surface area contributed by atoms with Crippen molar-refractivity contribution in [3.8, 4) is 0 Å². The molecular formula is C12H14O2. The van der Waals surface area contributed by atoms with E-state index >= 15 is 0 Å². The highest BCUT2D eigenvalue weighted by molar-refractivity contribution is 5.69. The van der Waals surface area contributed by atoms with Gasteiger partial charge in [0.25, 0.3) is 0 Å². The molecule has 0 aromatic heterocycles. The molecule has 74 valence electrons. The van der Waals surface area contributed by atoms with Crippen LogP contribution in [0, 0.1) is 5.41 Å². The van der Waals surface area contributed by atoms with E-state index in [0.717, 1.165) is 6.29 Å². The zero-order chi connectivity index (χ0) is 10.2. The molecule has 1 fully saturated rings. The molecule has 0 amide bonds. The molecule has 1 aliphatic carbocycles. The van der Waals surface area contributed by atoms with Gasteiger partial charge in [-0.15, -0.1) is 0 Å². The topological polar surface area (TPSA) is 26.3 Å². The van der Waals surface area contributed by atoms with Gasteiger partial charge in [-0.1, -0.05) is 30.3 Å². The number of ether oxygens (including phenoxy) is 1. The minimum Gasteiger partial charge on any atom is -0.380 e. The number of carbonyl (C=O) groups is 1. The van der Waals surface area contributed by atoms with E-state index < -0.39 is 0 Å². The van der Waals surface area contributed by atoms with E-state index in [1.165, 1.54) is 5.56 Å². The van der Waals surface area contributed by atoms with Crippen LogP contribution in [0.25, 0.3) is 0 Å². The number of methoxy groups -OCH3 is 1. The molecule has 0 saturated heterocycles. The molecule has 3 atom stereocenters. The first-order valence-corrected chi connectivity index (χ1v) is 4.78. The minimum atomic E-state index is -0.323. The minimum absolute atomic E-state index is 0.0439. The molecule has 1 saturated carbocycles. The van der Waals surface area contributed by atoms with E-state index in [4.69, 9.17) is 4.74 Å². The second-order valence-corrected chi connectivity index (χ2v) is 4.03. The Hall–Kier alpha value is -1.15. The average molecular weight is 190 g/mol. The molecule has 0 aliphatic heterocycles. The summed E-state index contributed by atoms with van der Waals surface area (Å²) in [7, 11) is 1.66. The SMILES string of the molecule is CO[C@H]1[C@@H](c2ccccc2)[C@]1(C)C=O. The Bertz CT molecular complexity index is 333. The Balaban J connectivity index is 2.27. The van der Waals surface area contributed by atoms with Crippen molar-refractivity contribution >= 4 is 6.29 Å². The van der Waals surface area contributed by atoms with E-state index in [0.29, 0.717) is 0 Å². The van der Waals surface area contributed by atoms with Crippen LogP contribution in [-0.2, 0) is 9.53 Å². The highest BCUT2D eigenvalue weighted by Crippen LogP contribution is 2.59. The summed E-state index contributed by atoms with van der Waals surface area (Å²) >= 11 is 0. The van der Waals surface area contributed by atoms with Crippen LogP contribution in [0.1, 0.15) is 18.4 Å². The predicted molar refractivity (Wildman–Crippen MR) is 54.2 cm³/mol. The first kappa shape index (κ1) is 9.41. The van der Waals surface area contributed by atoms with E-state index in [1.54, 1.807) is 7.11 Å². The molecule has 1 aromatic rings. The van der Waals surface area contributed by atoms with Gasteiger partial charge >= 0.3 is 0 Å². The zero-order valence-corrected chi connectivity index (χ0v) is 8.44. The highest BCUT2D eigenvalue weighted by Gasteiger charge is 2.62. The standard InChI is InChI=1S/C12H14O2/c1-12(8-13)10(11(12)14-2)9-6-4-3-5-7-9/h3-8,10-11H,1-2H3/t10-,11+,12+/m1/s1. The molecule has 1 aromatic carbocycles. The Morgan fingerprint density at radius 2 is 2.00 bits per heavy atom. The number of rotatable bonds is 3. The molecule has 0 unspecified atom stereocenters. The van der Waals surface area contributed by atoms with Gasteiger partial charge in [-0.25, -0.2) is 0 Å². The van der Waals surface area contributed by atoms with Crippen molar-refractivity contribution in [2.45, 2.75) is 18.9 Å². The predicted octanol–water partition coefficient (Wildman–Crippen LogP) is 2.00. The van der Waals surface area contributed by atoms with Gasteiger partial charge in [-0.05, 0) is 12.5 Å². The summed E-state index contributed by atoms with van der Waals surface area (Å²) in [5, 5.41) is 0. The maximum Gasteiger partial charge on any atom is 0.129 e. The third-order valence-electron chi connectivity index (χ3n) is 3.14. The summed E-state index contributed by atoms with van der Waals surface area (Å²) in [6.45, 7) is 1.95. The fraction of sp³-hybridized carbons (Fsp3) is 0.417. The van der Waals surface area contributed by atoms with Gasteiger partial charge in [0.1, 0.15) is 6.29 Å². The van der Waals surface area contributed by atoms with Crippen LogP contribution in [0.2, 0.25) is 0 Å². The average Bonchev–Trinajstić information content (AvgIpc) is 2.86. The summed E-state index contributed by atoms with van der Waals surface area (Å²) in [6.07, 6.45) is 1.06. The Kier molecular flexibility index (Phi) is 2.16. The summed E-state index contributed by atoms with van der Waals surface area (Å²) in [5.41, 5.74) is 0.866. The summed E-state index contributed by atoms with van der Waals surface area (Å²) in [6, 6.07) is 10.1. The smallest absolute Gasteiger partial charge is 0.129 e. The van der Waals surface area contributed by atoms with Crippen molar-refractivity contribution in [1.29, 1.82) is 0 Å². The van der Waals surface area contributed by atoms with E-state index in [-0.39, 0.29) is 17.4 Å². The van der Waals surface area contributed by atoms with Gasteiger partial charge < -0.3 is 9.53 Å². The quantitative estimate of drug-likeness (QED) is 0.681. The van der Waals surface area contributed by atoms with Crippen LogP contribution < -0.4 is 0 Å². The molecule has 0 bridgehead atoms. The van der Waals surface area contributed by atoms with Crippen LogP contribution in [0.15, 0.2) is 30.3 Å². The monoisotopic (exact) mass is 190 g/mol. The molecule has 2 heteroatoms. The molecule has 0 spiro atoms. The molecule has 0 heterocycles. The van der Waals surface area contributed by atoms with Crippen LogP contribution in [0.3, 0.4) is 0 Å². The van der Waals surface area contributed by atoms with Crippen LogP contribution in [-0.4, -0.2) is 19.5 Å². The van der Waals surface area contributed by atoms with Gasteiger partial charge in [0.2, 0.25) is 0 Å². The van der Waals surface area contributed by atoms with Crippen LogP contribution in [0.4, 0.5) is 0 Å². The Morgan fingerprint density at radius 1 is 1.36 bits per heavy atom. The van der Waals surface area contributed by atoms with Gasteiger partial charge in [-0.3, -0.25) is 0 Å². The largest absolute Gasteiger partial charge is 0.380 e. The third-order valence-corrected chi connectivity index (χ3v) is 3.14. The lowest BCUT2D eigenvalue weighted by molar-refractivity contribution is -0.112. The lowest BCUT2D eigenvalue weighted by atomic mass is 10.0. The maximum absolute atomic E-state index is 11.0. The van der Waals surface area contributed by atoms with Crippen molar-refractivity contribution in [2.75, 3.05) is 7.11 Å². The lowest BCUT2D eigenvalue weighted by Crippen LogP contribution is -2.04. The third kappa shape index (κ3) is 1.18. The van der Waals surface area contributed by atoms with Crippen LogP contribution in [0.5, 0.6) is 0 Å². The number of carbonyl (C=O) groups excluding carboxylic acids is 1. The molecule has 2 nitrogen and oxygen atoms in total. The fourth-order valence-corrected chi connectivity index (χ4v) is 2.22. The Morgan fingerprint density at radius 3 is 2.43 bits per heavy atom. The summed E-state index contributed by atoms with van der Waals surface area (Å²) < 4.78 is 5.30. The van der Waals surface area contributed by atoms with E-state index in [2.05, 4.69) is 0 Å². The highest BCUT2D eigenvalue weighted by atomic mass is 16.5. The first-order chi connectivity index (χ1) is 6.74. The summed E-state index contributed by atoms with van der Waals surface area (Å²) in [4.78, 5) is 11.0. The molecule has 2 rings (SSSR count). The fourth-order valence-electron chi connectivity index (χ4n) is 2.22. The molecule has 0 N–H and O–H groups in total. The second kappa shape index (κ2) is 3.21. The van der Waals surface area contributed by atoms with Crippen molar-refractivity contribution in [3.05, 3.63) is 35.9 Å². The first-order valence-electron chi connectivity index (χ1n) is 4.78. The van der Waals surface area contributed by atoms with Crippen molar-refractivity contribution in [1.82, 2.24) is 0 Å². The van der Waals surface area contributed by atoms with E-state index in [9.17, 15) is 4.79 Å². The lowest BCUT2D eigenvalue weighted by Gasteiger charge is -1.99. The van der Waals surface area contributed by atoms with Crippen LogP contribution >= 0.6 is 0 Å². The number of aldehydes is 1. The molecule has 0 radical (unpaired) electrons. The van der Waals surface area contributed by atoms with Gasteiger partial charge in [-0.2, -0.15) is 0 Å². The normalized spacial score (nSPS) is 35.3. The number of hydrogen-bond acceptors (Lipinski definition) is 2. The molecule has 14 heavy (non-hydrogen) atoms. The van der Waals surface area contributed by atoms with Gasteiger partial charge in [0, 0.05) is 13.0 Å². The zero-order valence-electron chi connectivity index (χ0n) is 8.44. The molecular weight excluding hydrogens is 176 g/mol. The summed E-state index contributed by atoms with van der Waals surface area (Å²) in [5.74, 6) is 0.228. The van der Waals surface area contributed by atoms with Gasteiger partial charge in [0.05, 0.1) is 11.5 Å². The van der Waals surface area contributed by atoms with E-state index in [1.807, 2.05) is 37.3 Å². The number of hydrogen-bond donors (Lipinski definition) is 0.